The van der Waals surface area contributed by atoms with E-state index in [-0.39, 0.29) is 42.5 Å². The van der Waals surface area contributed by atoms with Crippen molar-refractivity contribution in [2.45, 2.75) is 67.2 Å². The van der Waals surface area contributed by atoms with Crippen molar-refractivity contribution in [3.8, 4) is 11.3 Å². The maximum absolute atomic E-state index is 12.2. The summed E-state index contributed by atoms with van der Waals surface area (Å²) in [6, 6.07) is 27.5. The summed E-state index contributed by atoms with van der Waals surface area (Å²) in [5.41, 5.74) is 3.87. The number of ketones is 1. The second-order valence-corrected chi connectivity index (χ2v) is 11.0. The average molecular weight is 727 g/mol. The molecule has 2 heterocycles. The standard InChI is InChI=1S/C21H12NO.C15H28O2.Ir/c1-2-8-14(9-3-1)20-21-19(15-10-4-6-12-17(15)22-20)16-11-5-7-13-18(16)23-21;1-7-14(5,8-2)12(16)11-13(17)15(6,9-3)10-4;/h1-8,10-13H;11,16H,7-10H2,1-6H3;/q-1;;/b;12-11-;. The van der Waals surface area contributed by atoms with E-state index in [1.54, 1.807) is 0 Å². The zero-order chi connectivity index (χ0) is 28.9. The summed E-state index contributed by atoms with van der Waals surface area (Å²) in [5, 5.41) is 13.5. The molecule has 0 unspecified atom stereocenters. The van der Waals surface area contributed by atoms with Gasteiger partial charge < -0.3 is 9.52 Å². The second kappa shape index (κ2) is 13.6. The third-order valence-corrected chi connectivity index (χ3v) is 8.78. The Bertz CT molecular complexity index is 1640. The van der Waals surface area contributed by atoms with Gasteiger partial charge in [0.15, 0.2) is 5.78 Å². The Morgan fingerprint density at radius 2 is 1.44 bits per heavy atom. The predicted octanol–water partition coefficient (Wildman–Crippen LogP) is 10.2. The molecule has 5 aromatic rings. The van der Waals surface area contributed by atoms with E-state index in [1.165, 1.54) is 6.08 Å². The van der Waals surface area contributed by atoms with Crippen LogP contribution in [0.25, 0.3) is 44.1 Å². The molecule has 4 nitrogen and oxygen atoms in total. The van der Waals surface area contributed by atoms with E-state index in [0.29, 0.717) is 0 Å². The number of aromatic nitrogens is 1. The van der Waals surface area contributed by atoms with Gasteiger partial charge in [0, 0.05) is 58.9 Å². The summed E-state index contributed by atoms with van der Waals surface area (Å²) in [5.74, 6) is 0.286. The van der Waals surface area contributed by atoms with E-state index in [4.69, 9.17) is 9.40 Å². The van der Waals surface area contributed by atoms with Crippen LogP contribution in [0.1, 0.15) is 67.2 Å². The first-order valence-corrected chi connectivity index (χ1v) is 14.3. The first-order valence-electron chi connectivity index (χ1n) is 14.3. The number of nitrogens with zero attached hydrogens (tertiary/aromatic N) is 1. The molecular weight excluding hydrogens is 687 g/mol. The number of aliphatic hydroxyl groups excluding tert-OH is 1. The molecule has 0 aliphatic rings. The number of pyridine rings is 1. The molecule has 2 aromatic heterocycles. The molecular formula is C36H40IrNO3-. The van der Waals surface area contributed by atoms with Gasteiger partial charge in [-0.15, -0.1) is 35.9 Å². The molecule has 0 bridgehead atoms. The van der Waals surface area contributed by atoms with Crippen molar-refractivity contribution in [3.05, 3.63) is 90.7 Å². The smallest absolute Gasteiger partial charge is 0.164 e. The molecule has 0 saturated carbocycles. The number of rotatable bonds is 8. The number of benzene rings is 3. The van der Waals surface area contributed by atoms with Crippen molar-refractivity contribution < 1.29 is 34.4 Å². The van der Waals surface area contributed by atoms with E-state index >= 15 is 0 Å². The van der Waals surface area contributed by atoms with Crippen LogP contribution in [0.3, 0.4) is 0 Å². The number of hydrogen-bond acceptors (Lipinski definition) is 4. The fraction of sp³-hybridized carbons (Fsp3) is 0.333. The number of carbonyl (C=O) groups is 1. The van der Waals surface area contributed by atoms with Gasteiger partial charge >= 0.3 is 0 Å². The van der Waals surface area contributed by atoms with Crippen molar-refractivity contribution in [3.63, 3.8) is 0 Å². The minimum Gasteiger partial charge on any atom is -0.512 e. The summed E-state index contributed by atoms with van der Waals surface area (Å²) in [4.78, 5) is 17.0. The van der Waals surface area contributed by atoms with Gasteiger partial charge in [-0.25, -0.2) is 0 Å². The molecule has 1 N–H and O–H groups in total. The maximum Gasteiger partial charge on any atom is 0.164 e. The Morgan fingerprint density at radius 3 is 2.05 bits per heavy atom. The largest absolute Gasteiger partial charge is 0.512 e. The van der Waals surface area contributed by atoms with Crippen molar-refractivity contribution in [1.82, 2.24) is 4.98 Å². The van der Waals surface area contributed by atoms with Crippen LogP contribution in [0.4, 0.5) is 0 Å². The van der Waals surface area contributed by atoms with E-state index < -0.39 is 0 Å². The Hall–Kier alpha value is -3.27. The quantitative estimate of drug-likeness (QED) is 0.0983. The van der Waals surface area contributed by atoms with Crippen molar-refractivity contribution in [1.29, 1.82) is 0 Å². The molecule has 0 atom stereocenters. The monoisotopic (exact) mass is 727 g/mol. The SMILES string of the molecule is CCC(C)(CC)C(=O)/C=C(\O)C(C)(CC)CC.[Ir].[c-]1ccccc1-c1nc2ccccc2c2c1oc1ccccc12. The summed E-state index contributed by atoms with van der Waals surface area (Å²) >= 11 is 0. The molecule has 0 saturated heterocycles. The fourth-order valence-electron chi connectivity index (χ4n) is 4.84. The number of hydrogen-bond donors (Lipinski definition) is 1. The summed E-state index contributed by atoms with van der Waals surface area (Å²) < 4.78 is 6.16. The summed E-state index contributed by atoms with van der Waals surface area (Å²) in [6.07, 6.45) is 4.75. The van der Waals surface area contributed by atoms with Gasteiger partial charge in [-0.2, -0.15) is 0 Å². The van der Waals surface area contributed by atoms with Crippen LogP contribution in [0.15, 0.2) is 89.0 Å². The van der Waals surface area contributed by atoms with Crippen molar-refractivity contribution in [2.24, 2.45) is 10.8 Å². The molecule has 41 heavy (non-hydrogen) atoms. The Kier molecular flexibility index (Phi) is 10.7. The van der Waals surface area contributed by atoms with Gasteiger partial charge in [0.1, 0.15) is 16.9 Å². The van der Waals surface area contributed by atoms with E-state index in [2.05, 4.69) is 18.2 Å². The van der Waals surface area contributed by atoms with Gasteiger partial charge in [-0.05, 0) is 37.8 Å². The molecule has 0 spiro atoms. The molecule has 0 amide bonds. The first kappa shape index (κ1) is 32.2. The molecule has 3 aromatic carbocycles. The molecule has 5 heteroatoms. The number of fused-ring (bicyclic) bond motifs is 5. The maximum atomic E-state index is 12.2. The van der Waals surface area contributed by atoms with Crippen LogP contribution in [0, 0.1) is 16.9 Å². The van der Waals surface area contributed by atoms with Crippen LogP contribution >= 0.6 is 0 Å². The van der Waals surface area contributed by atoms with E-state index in [1.807, 2.05) is 102 Å². The van der Waals surface area contributed by atoms with E-state index in [0.717, 1.165) is 69.8 Å². The Balaban J connectivity index is 0.000000233. The van der Waals surface area contributed by atoms with Crippen LogP contribution in [0.2, 0.25) is 0 Å². The van der Waals surface area contributed by atoms with Gasteiger partial charge in [-0.1, -0.05) is 77.9 Å². The molecule has 0 aliphatic heterocycles. The molecule has 0 fully saturated rings. The predicted molar refractivity (Wildman–Crippen MR) is 166 cm³/mol. The minimum atomic E-state index is -0.337. The van der Waals surface area contributed by atoms with Gasteiger partial charge in [0.05, 0.1) is 5.52 Å². The number of aliphatic hydroxyl groups is 1. The minimum absolute atomic E-state index is 0. The molecule has 1 radical (unpaired) electrons. The third-order valence-electron chi connectivity index (χ3n) is 8.78. The van der Waals surface area contributed by atoms with Gasteiger partial charge in [0.2, 0.25) is 0 Å². The number of allylic oxidation sites excluding steroid dienone is 2. The number of para-hydroxylation sites is 2. The topological polar surface area (TPSA) is 63.3 Å². The van der Waals surface area contributed by atoms with Gasteiger partial charge in [-0.3, -0.25) is 9.78 Å². The zero-order valence-corrected chi connectivity index (χ0v) is 27.3. The first-order chi connectivity index (χ1) is 19.2. The van der Waals surface area contributed by atoms with E-state index in [9.17, 15) is 9.90 Å². The van der Waals surface area contributed by atoms with Crippen LogP contribution in [-0.4, -0.2) is 15.9 Å². The van der Waals surface area contributed by atoms with Crippen LogP contribution in [-0.2, 0) is 24.9 Å². The van der Waals surface area contributed by atoms with Crippen LogP contribution < -0.4 is 0 Å². The fourth-order valence-corrected chi connectivity index (χ4v) is 4.84. The summed E-state index contributed by atoms with van der Waals surface area (Å²) in [7, 11) is 0. The van der Waals surface area contributed by atoms with Crippen molar-refractivity contribution in [2.75, 3.05) is 0 Å². The van der Waals surface area contributed by atoms with Crippen molar-refractivity contribution >= 4 is 38.6 Å². The Morgan fingerprint density at radius 1 is 0.854 bits per heavy atom. The Labute approximate surface area is 257 Å². The zero-order valence-electron chi connectivity index (χ0n) is 24.9. The number of carbonyl (C=O) groups excluding carboxylic acids is 1. The molecule has 0 aliphatic carbocycles. The third kappa shape index (κ3) is 6.47. The summed E-state index contributed by atoms with van der Waals surface area (Å²) in [6.45, 7) is 12.1. The molecule has 217 valence electrons. The average Bonchev–Trinajstić information content (AvgIpc) is 3.40. The normalized spacial score (nSPS) is 12.2. The molecule has 5 rings (SSSR count). The van der Waals surface area contributed by atoms with Gasteiger partial charge in [0.25, 0.3) is 0 Å². The number of furan rings is 1. The second-order valence-electron chi connectivity index (χ2n) is 11.0. The van der Waals surface area contributed by atoms with Crippen LogP contribution in [0.5, 0.6) is 0 Å².